The third kappa shape index (κ3) is 2.27. The summed E-state index contributed by atoms with van der Waals surface area (Å²) in [5.74, 6) is 0.0405. The van der Waals surface area contributed by atoms with Crippen molar-refractivity contribution in [2.45, 2.75) is 32.1 Å². The zero-order chi connectivity index (χ0) is 14.8. The quantitative estimate of drug-likeness (QED) is 0.780. The lowest BCUT2D eigenvalue weighted by Crippen LogP contribution is -2.36. The van der Waals surface area contributed by atoms with Crippen LogP contribution < -0.4 is 0 Å². The number of aryl methyl sites for hydroxylation is 1. The van der Waals surface area contributed by atoms with Crippen LogP contribution in [0.4, 0.5) is 0 Å². The van der Waals surface area contributed by atoms with Gasteiger partial charge in [0.1, 0.15) is 5.69 Å². The molecule has 0 N–H and O–H groups in total. The van der Waals surface area contributed by atoms with Crippen molar-refractivity contribution in [3.63, 3.8) is 0 Å². The fraction of sp³-hybridized carbons (Fsp3) is 0.375. The number of hydrogen-bond acceptors (Lipinski definition) is 2. The van der Waals surface area contributed by atoms with Crippen molar-refractivity contribution >= 4 is 17.4 Å². The first-order valence-electron chi connectivity index (χ1n) is 6.84. The van der Waals surface area contributed by atoms with Gasteiger partial charge in [0, 0.05) is 7.05 Å². The molecule has 1 heterocycles. The minimum Gasteiger partial charge on any atom is -0.291 e. The highest BCUT2D eigenvalue weighted by Crippen LogP contribution is 2.36. The number of benzene rings is 1. The fourth-order valence-electron chi connectivity index (χ4n) is 2.76. The van der Waals surface area contributed by atoms with Gasteiger partial charge in [0.25, 0.3) is 0 Å². The summed E-state index contributed by atoms with van der Waals surface area (Å²) in [5, 5.41) is 4.49. The second-order valence-electron chi connectivity index (χ2n) is 4.95. The molecule has 2 rings (SSSR count). The van der Waals surface area contributed by atoms with Crippen molar-refractivity contribution in [2.24, 2.45) is 7.05 Å². The zero-order valence-electron chi connectivity index (χ0n) is 12.1. The van der Waals surface area contributed by atoms with Crippen LogP contribution in [0, 0.1) is 0 Å². The largest absolute Gasteiger partial charge is 0.291 e. The van der Waals surface area contributed by atoms with Crippen molar-refractivity contribution < 1.29 is 4.79 Å². The SMILES string of the molecule is CCC(CC)(C(=O)c1c(Cl)cnn1C)c1ccccc1. The Morgan fingerprint density at radius 2 is 1.85 bits per heavy atom. The fourth-order valence-corrected chi connectivity index (χ4v) is 3.01. The minimum atomic E-state index is -0.543. The van der Waals surface area contributed by atoms with E-state index < -0.39 is 5.41 Å². The maximum atomic E-state index is 13.1. The average molecular weight is 291 g/mol. The van der Waals surface area contributed by atoms with Crippen LogP contribution in [0.1, 0.15) is 42.7 Å². The standard InChI is InChI=1S/C16H19ClN2O/c1-4-16(5-2,12-9-7-6-8-10-12)15(20)14-13(17)11-18-19(14)3/h6-11H,4-5H2,1-3H3. The predicted molar refractivity (Wildman–Crippen MR) is 81.3 cm³/mol. The van der Waals surface area contributed by atoms with E-state index in [1.54, 1.807) is 11.7 Å². The molecule has 0 aliphatic rings. The molecular weight excluding hydrogens is 272 g/mol. The van der Waals surface area contributed by atoms with E-state index in [1.807, 2.05) is 44.2 Å². The molecule has 0 fully saturated rings. The molecule has 0 unspecified atom stereocenters. The Labute approximate surface area is 124 Å². The van der Waals surface area contributed by atoms with Crippen LogP contribution in [0.25, 0.3) is 0 Å². The third-order valence-corrected chi connectivity index (χ3v) is 4.35. The second kappa shape index (κ2) is 5.80. The lowest BCUT2D eigenvalue weighted by Gasteiger charge is -2.30. The van der Waals surface area contributed by atoms with Crippen LogP contribution in [0.15, 0.2) is 36.5 Å². The van der Waals surface area contributed by atoms with Gasteiger partial charge in [0.2, 0.25) is 0 Å². The number of Topliss-reactive ketones (excluding diaryl/α,β-unsaturated/α-hetero) is 1. The number of rotatable bonds is 5. The second-order valence-corrected chi connectivity index (χ2v) is 5.36. The van der Waals surface area contributed by atoms with Crippen LogP contribution in [-0.4, -0.2) is 15.6 Å². The van der Waals surface area contributed by atoms with Gasteiger partial charge in [-0.2, -0.15) is 5.10 Å². The molecule has 1 aromatic carbocycles. The molecule has 0 aliphatic carbocycles. The van der Waals surface area contributed by atoms with E-state index in [1.165, 1.54) is 6.20 Å². The number of aromatic nitrogens is 2. The van der Waals surface area contributed by atoms with E-state index in [2.05, 4.69) is 5.10 Å². The summed E-state index contributed by atoms with van der Waals surface area (Å²) < 4.78 is 1.56. The topological polar surface area (TPSA) is 34.9 Å². The summed E-state index contributed by atoms with van der Waals surface area (Å²) >= 11 is 6.14. The molecule has 0 spiro atoms. The molecule has 1 aromatic heterocycles. The number of carbonyl (C=O) groups excluding carboxylic acids is 1. The Morgan fingerprint density at radius 1 is 1.25 bits per heavy atom. The molecule has 0 amide bonds. The van der Waals surface area contributed by atoms with Gasteiger partial charge in [-0.3, -0.25) is 9.48 Å². The molecule has 0 aliphatic heterocycles. The van der Waals surface area contributed by atoms with Crippen molar-refractivity contribution in [3.8, 4) is 0 Å². The van der Waals surface area contributed by atoms with Crippen LogP contribution in [-0.2, 0) is 12.5 Å². The lowest BCUT2D eigenvalue weighted by atomic mass is 9.71. The van der Waals surface area contributed by atoms with E-state index in [0.29, 0.717) is 10.7 Å². The highest BCUT2D eigenvalue weighted by molar-refractivity contribution is 6.34. The Kier molecular flexibility index (Phi) is 4.29. The van der Waals surface area contributed by atoms with Gasteiger partial charge in [-0.05, 0) is 18.4 Å². The van der Waals surface area contributed by atoms with Gasteiger partial charge < -0.3 is 0 Å². The highest BCUT2D eigenvalue weighted by Gasteiger charge is 2.39. The van der Waals surface area contributed by atoms with Crippen LogP contribution in [0.5, 0.6) is 0 Å². The van der Waals surface area contributed by atoms with Crippen molar-refractivity contribution in [1.82, 2.24) is 9.78 Å². The number of carbonyl (C=O) groups is 1. The average Bonchev–Trinajstić information content (AvgIpc) is 2.81. The Morgan fingerprint density at radius 3 is 2.30 bits per heavy atom. The van der Waals surface area contributed by atoms with Crippen LogP contribution >= 0.6 is 11.6 Å². The number of nitrogens with zero attached hydrogens (tertiary/aromatic N) is 2. The molecule has 0 bridgehead atoms. The van der Waals surface area contributed by atoms with Gasteiger partial charge >= 0.3 is 0 Å². The van der Waals surface area contributed by atoms with Crippen molar-refractivity contribution in [2.75, 3.05) is 0 Å². The maximum absolute atomic E-state index is 13.1. The summed E-state index contributed by atoms with van der Waals surface area (Å²) in [5.41, 5.74) is 0.977. The molecule has 3 nitrogen and oxygen atoms in total. The monoisotopic (exact) mass is 290 g/mol. The summed E-state index contributed by atoms with van der Waals surface area (Å²) in [6.45, 7) is 4.08. The maximum Gasteiger partial charge on any atom is 0.192 e. The van der Waals surface area contributed by atoms with Crippen LogP contribution in [0.3, 0.4) is 0 Å². The molecular formula is C16H19ClN2O. The molecule has 106 valence electrons. The number of ketones is 1. The van der Waals surface area contributed by atoms with Gasteiger partial charge in [-0.15, -0.1) is 0 Å². The smallest absolute Gasteiger partial charge is 0.192 e. The first-order valence-corrected chi connectivity index (χ1v) is 7.22. The Hall–Kier alpha value is -1.61. The first kappa shape index (κ1) is 14.8. The summed E-state index contributed by atoms with van der Waals surface area (Å²) in [7, 11) is 1.75. The lowest BCUT2D eigenvalue weighted by molar-refractivity contribution is 0.0863. The molecule has 20 heavy (non-hydrogen) atoms. The highest BCUT2D eigenvalue weighted by atomic mass is 35.5. The van der Waals surface area contributed by atoms with Crippen LogP contribution in [0.2, 0.25) is 5.02 Å². The molecule has 4 heteroatoms. The van der Waals surface area contributed by atoms with E-state index in [9.17, 15) is 4.79 Å². The van der Waals surface area contributed by atoms with E-state index in [0.717, 1.165) is 18.4 Å². The molecule has 0 saturated carbocycles. The number of hydrogen-bond donors (Lipinski definition) is 0. The molecule has 2 aromatic rings. The Balaban J connectivity index is 2.57. The Bertz CT molecular complexity index is 581. The summed E-state index contributed by atoms with van der Waals surface area (Å²) in [6.07, 6.45) is 2.98. The van der Waals surface area contributed by atoms with Crippen molar-refractivity contribution in [3.05, 3.63) is 52.8 Å². The van der Waals surface area contributed by atoms with Gasteiger partial charge in [-0.1, -0.05) is 55.8 Å². The van der Waals surface area contributed by atoms with Gasteiger partial charge in [0.05, 0.1) is 16.6 Å². The normalized spacial score (nSPS) is 11.6. The van der Waals surface area contributed by atoms with E-state index in [4.69, 9.17) is 11.6 Å². The third-order valence-electron chi connectivity index (χ3n) is 4.08. The van der Waals surface area contributed by atoms with E-state index in [-0.39, 0.29) is 5.78 Å². The summed E-state index contributed by atoms with van der Waals surface area (Å²) in [4.78, 5) is 13.1. The van der Waals surface area contributed by atoms with E-state index >= 15 is 0 Å². The zero-order valence-corrected chi connectivity index (χ0v) is 12.8. The summed E-state index contributed by atoms with van der Waals surface area (Å²) in [6, 6.07) is 9.91. The molecule has 0 radical (unpaired) electrons. The molecule has 0 atom stereocenters. The molecule has 0 saturated heterocycles. The minimum absolute atomic E-state index is 0.0405. The van der Waals surface area contributed by atoms with Crippen molar-refractivity contribution in [1.29, 1.82) is 0 Å². The van der Waals surface area contributed by atoms with Gasteiger partial charge in [-0.25, -0.2) is 0 Å². The number of halogens is 1. The van der Waals surface area contributed by atoms with Gasteiger partial charge in [0.15, 0.2) is 5.78 Å². The first-order chi connectivity index (χ1) is 9.56. The predicted octanol–water partition coefficient (Wildman–Crippen LogP) is 4.01.